The lowest BCUT2D eigenvalue weighted by Crippen LogP contribution is -2.23. The van der Waals surface area contributed by atoms with Crippen molar-refractivity contribution >= 4 is 17.1 Å². The summed E-state index contributed by atoms with van der Waals surface area (Å²) in [5, 5.41) is 6.04. The summed E-state index contributed by atoms with van der Waals surface area (Å²) in [6.45, 7) is 6.34. The number of hydrogen-bond donors (Lipinski definition) is 1. The topological polar surface area (TPSA) is 85.1 Å². The second-order valence-electron chi connectivity index (χ2n) is 4.71. The third-order valence-corrected chi connectivity index (χ3v) is 2.99. The van der Waals surface area contributed by atoms with Crippen LogP contribution in [0.5, 0.6) is 0 Å². The Labute approximate surface area is 111 Å². The molecule has 0 bridgehead atoms. The number of anilines is 1. The van der Waals surface area contributed by atoms with Gasteiger partial charge in [0, 0.05) is 6.04 Å². The molecule has 0 spiro atoms. The zero-order valence-electron chi connectivity index (χ0n) is 11.4. The Hall–Kier alpha value is -2.05. The molecule has 0 unspecified atom stereocenters. The molecule has 2 rings (SSSR count). The zero-order chi connectivity index (χ0) is 13.8. The third-order valence-electron chi connectivity index (χ3n) is 2.99. The monoisotopic (exact) mass is 262 g/mol. The summed E-state index contributed by atoms with van der Waals surface area (Å²) in [6, 6.07) is 0.247. The number of fused-ring (bicyclic) bond motifs is 1. The third kappa shape index (κ3) is 2.86. The maximum absolute atomic E-state index is 10.3. The summed E-state index contributed by atoms with van der Waals surface area (Å²) in [7, 11) is 0. The van der Waals surface area contributed by atoms with Crippen molar-refractivity contribution in [3.63, 3.8) is 0 Å². The minimum absolute atomic E-state index is 0.0367. The Balaban J connectivity index is 2.29. The fourth-order valence-corrected chi connectivity index (χ4v) is 1.82. The number of rotatable bonds is 6. The number of aromatic nitrogens is 4. The molecule has 2 aromatic heterocycles. The van der Waals surface area contributed by atoms with Gasteiger partial charge in [-0.25, -0.2) is 9.97 Å². The van der Waals surface area contributed by atoms with Crippen LogP contribution in [0.25, 0.3) is 11.2 Å². The van der Waals surface area contributed by atoms with E-state index in [0.29, 0.717) is 5.95 Å². The maximum Gasteiger partial charge on any atom is 0.225 e. The van der Waals surface area contributed by atoms with Crippen LogP contribution in [0.4, 0.5) is 5.95 Å². The Morgan fingerprint density at radius 1 is 1.42 bits per heavy atom. The lowest BCUT2D eigenvalue weighted by molar-refractivity contribution is 0.612. The normalized spacial score (nSPS) is 12.8. The van der Waals surface area contributed by atoms with Gasteiger partial charge in [0.2, 0.25) is 5.95 Å². The molecule has 1 atom stereocenters. The SMILES string of the molecule is CC[C@@H](CN=O)Nc1ncc2ncn(C(C)C)c2n1. The summed E-state index contributed by atoms with van der Waals surface area (Å²) in [5.74, 6) is 0.505. The Morgan fingerprint density at radius 2 is 2.21 bits per heavy atom. The lowest BCUT2D eigenvalue weighted by Gasteiger charge is -2.13. The van der Waals surface area contributed by atoms with Gasteiger partial charge in [-0.2, -0.15) is 9.89 Å². The average molecular weight is 262 g/mol. The van der Waals surface area contributed by atoms with Gasteiger partial charge in [-0.15, -0.1) is 0 Å². The first-order valence-electron chi connectivity index (χ1n) is 6.41. The smallest absolute Gasteiger partial charge is 0.225 e. The molecule has 0 saturated heterocycles. The van der Waals surface area contributed by atoms with Crippen molar-refractivity contribution in [1.29, 1.82) is 0 Å². The molecule has 2 heterocycles. The molecule has 19 heavy (non-hydrogen) atoms. The number of hydrogen-bond acceptors (Lipinski definition) is 6. The van der Waals surface area contributed by atoms with Gasteiger partial charge in [-0.05, 0) is 20.3 Å². The average Bonchev–Trinajstić information content (AvgIpc) is 2.81. The summed E-state index contributed by atoms with van der Waals surface area (Å²) < 4.78 is 1.99. The van der Waals surface area contributed by atoms with E-state index in [0.717, 1.165) is 17.6 Å². The molecule has 1 N–H and O–H groups in total. The highest BCUT2D eigenvalue weighted by Gasteiger charge is 2.11. The molecule has 7 heteroatoms. The minimum atomic E-state index is -0.0367. The second kappa shape index (κ2) is 5.73. The van der Waals surface area contributed by atoms with E-state index < -0.39 is 0 Å². The van der Waals surface area contributed by atoms with Crippen LogP contribution in [0.15, 0.2) is 17.7 Å². The quantitative estimate of drug-likeness (QED) is 0.808. The van der Waals surface area contributed by atoms with Crippen LogP contribution in [0.2, 0.25) is 0 Å². The van der Waals surface area contributed by atoms with Crippen molar-refractivity contribution in [3.8, 4) is 0 Å². The van der Waals surface area contributed by atoms with E-state index in [1.165, 1.54) is 0 Å². The molecular weight excluding hydrogens is 244 g/mol. The number of nitrogens with one attached hydrogen (secondary N) is 1. The number of imidazole rings is 1. The van der Waals surface area contributed by atoms with Crippen molar-refractivity contribution < 1.29 is 0 Å². The van der Waals surface area contributed by atoms with Gasteiger partial charge in [0.15, 0.2) is 5.65 Å². The van der Waals surface area contributed by atoms with Gasteiger partial charge in [0.05, 0.1) is 18.6 Å². The standard InChI is InChI=1S/C12H18N6O/c1-4-9(5-15-19)16-12-13-6-10-11(17-12)18(7-14-10)8(2)3/h6-9H,4-5H2,1-3H3,(H,13,16,17)/t9-/m0/s1. The molecule has 7 nitrogen and oxygen atoms in total. The van der Waals surface area contributed by atoms with E-state index in [2.05, 4.69) is 39.3 Å². The van der Waals surface area contributed by atoms with Crippen LogP contribution < -0.4 is 5.32 Å². The van der Waals surface area contributed by atoms with Crippen LogP contribution in [0, 0.1) is 4.91 Å². The van der Waals surface area contributed by atoms with E-state index in [1.54, 1.807) is 12.5 Å². The number of nitrogens with zero attached hydrogens (tertiary/aromatic N) is 5. The molecule has 0 fully saturated rings. The van der Waals surface area contributed by atoms with Gasteiger partial charge >= 0.3 is 0 Å². The first-order valence-corrected chi connectivity index (χ1v) is 6.41. The first kappa shape index (κ1) is 13.4. The van der Waals surface area contributed by atoms with Crippen molar-refractivity contribution in [1.82, 2.24) is 19.5 Å². The Kier molecular flexibility index (Phi) is 4.03. The summed E-state index contributed by atoms with van der Waals surface area (Å²) in [5.41, 5.74) is 1.56. The summed E-state index contributed by atoms with van der Waals surface area (Å²) in [4.78, 5) is 23.3. The van der Waals surface area contributed by atoms with E-state index in [9.17, 15) is 4.91 Å². The maximum atomic E-state index is 10.3. The molecular formula is C12H18N6O. The molecule has 0 aromatic carbocycles. The molecule has 102 valence electrons. The van der Waals surface area contributed by atoms with Gasteiger partial charge < -0.3 is 9.88 Å². The summed E-state index contributed by atoms with van der Waals surface area (Å²) >= 11 is 0. The fraction of sp³-hybridized carbons (Fsp3) is 0.583. The van der Waals surface area contributed by atoms with Gasteiger partial charge in [-0.3, -0.25) is 0 Å². The van der Waals surface area contributed by atoms with E-state index in [1.807, 2.05) is 11.5 Å². The summed E-state index contributed by atoms with van der Waals surface area (Å²) in [6.07, 6.45) is 4.24. The van der Waals surface area contributed by atoms with Crippen LogP contribution in [-0.4, -0.2) is 32.1 Å². The molecule has 0 aliphatic heterocycles. The Bertz CT molecular complexity index is 564. The fourth-order valence-electron chi connectivity index (χ4n) is 1.82. The highest BCUT2D eigenvalue weighted by Crippen LogP contribution is 2.16. The minimum Gasteiger partial charge on any atom is -0.349 e. The highest BCUT2D eigenvalue weighted by molar-refractivity contribution is 5.71. The zero-order valence-corrected chi connectivity index (χ0v) is 11.4. The molecule has 0 radical (unpaired) electrons. The second-order valence-corrected chi connectivity index (χ2v) is 4.71. The van der Waals surface area contributed by atoms with Gasteiger partial charge in [-0.1, -0.05) is 12.1 Å². The van der Waals surface area contributed by atoms with Crippen LogP contribution in [-0.2, 0) is 0 Å². The van der Waals surface area contributed by atoms with E-state index in [4.69, 9.17) is 0 Å². The van der Waals surface area contributed by atoms with Crippen LogP contribution in [0.3, 0.4) is 0 Å². The van der Waals surface area contributed by atoms with E-state index >= 15 is 0 Å². The van der Waals surface area contributed by atoms with Crippen molar-refractivity contribution in [2.75, 3.05) is 11.9 Å². The molecule has 0 amide bonds. The van der Waals surface area contributed by atoms with Gasteiger partial charge in [0.25, 0.3) is 0 Å². The van der Waals surface area contributed by atoms with E-state index in [-0.39, 0.29) is 18.6 Å². The van der Waals surface area contributed by atoms with Crippen LogP contribution in [0.1, 0.15) is 33.2 Å². The first-order chi connectivity index (χ1) is 9.15. The predicted molar refractivity (Wildman–Crippen MR) is 74.1 cm³/mol. The van der Waals surface area contributed by atoms with Crippen LogP contribution >= 0.6 is 0 Å². The van der Waals surface area contributed by atoms with Crippen molar-refractivity contribution in [3.05, 3.63) is 17.4 Å². The predicted octanol–water partition coefficient (Wildman–Crippen LogP) is 2.36. The number of nitroso groups, excluding NO2 is 1. The molecule has 0 aliphatic rings. The lowest BCUT2D eigenvalue weighted by atomic mass is 10.2. The van der Waals surface area contributed by atoms with Crippen molar-refractivity contribution in [2.45, 2.75) is 39.3 Å². The Morgan fingerprint density at radius 3 is 2.84 bits per heavy atom. The largest absolute Gasteiger partial charge is 0.349 e. The van der Waals surface area contributed by atoms with Crippen molar-refractivity contribution in [2.24, 2.45) is 5.18 Å². The van der Waals surface area contributed by atoms with Gasteiger partial charge in [0.1, 0.15) is 12.1 Å². The highest BCUT2D eigenvalue weighted by atomic mass is 16.3. The molecule has 0 saturated carbocycles. The molecule has 0 aliphatic carbocycles. The molecule has 2 aromatic rings.